The molecule has 2 rings (SSSR count). The summed E-state index contributed by atoms with van der Waals surface area (Å²) in [4.78, 5) is 0. The normalized spacial score (nSPS) is 39.4. The first-order valence-electron chi connectivity index (χ1n) is 6.76. The van der Waals surface area contributed by atoms with E-state index in [2.05, 4.69) is 17.6 Å². The van der Waals surface area contributed by atoms with Crippen LogP contribution in [-0.4, -0.2) is 38.9 Å². The predicted molar refractivity (Wildman–Crippen MR) is 66.6 cm³/mol. The van der Waals surface area contributed by atoms with Gasteiger partial charge in [0.05, 0.1) is 6.10 Å². The Morgan fingerprint density at radius 3 is 2.94 bits per heavy atom. The molecule has 1 heterocycles. The van der Waals surface area contributed by atoms with Crippen molar-refractivity contribution in [2.45, 2.75) is 51.2 Å². The lowest BCUT2D eigenvalue weighted by Crippen LogP contribution is -2.44. The van der Waals surface area contributed by atoms with Gasteiger partial charge in [-0.1, -0.05) is 6.92 Å². The third-order valence-electron chi connectivity index (χ3n) is 4.58. The molecule has 0 bridgehead atoms. The molecule has 16 heavy (non-hydrogen) atoms. The fourth-order valence-corrected chi connectivity index (χ4v) is 3.16. The zero-order valence-corrected chi connectivity index (χ0v) is 10.7. The highest BCUT2D eigenvalue weighted by atomic mass is 16.5. The van der Waals surface area contributed by atoms with Crippen molar-refractivity contribution >= 4 is 0 Å². The molecule has 1 aliphatic heterocycles. The minimum atomic E-state index is 0.447. The van der Waals surface area contributed by atoms with Gasteiger partial charge in [0.25, 0.3) is 0 Å². The molecular weight excluding hydrogens is 200 g/mol. The average Bonchev–Trinajstić information content (AvgIpc) is 2.96. The summed E-state index contributed by atoms with van der Waals surface area (Å²) in [6, 6.07) is 0.592. The smallest absolute Gasteiger partial charge is 0.0724 e. The van der Waals surface area contributed by atoms with Gasteiger partial charge in [0.15, 0.2) is 0 Å². The van der Waals surface area contributed by atoms with Crippen molar-refractivity contribution in [3.63, 3.8) is 0 Å². The summed E-state index contributed by atoms with van der Waals surface area (Å²) >= 11 is 0. The maximum atomic E-state index is 5.53. The largest absolute Gasteiger partial charge is 0.380 e. The van der Waals surface area contributed by atoms with Crippen LogP contribution in [0.2, 0.25) is 0 Å². The highest BCUT2D eigenvalue weighted by Crippen LogP contribution is 2.30. The van der Waals surface area contributed by atoms with E-state index in [1.165, 1.54) is 45.2 Å². The Bertz CT molecular complexity index is 214. The van der Waals surface area contributed by atoms with Crippen LogP contribution in [-0.2, 0) is 4.74 Å². The van der Waals surface area contributed by atoms with Crippen molar-refractivity contribution in [2.75, 3.05) is 26.7 Å². The lowest BCUT2D eigenvalue weighted by Gasteiger charge is -2.30. The molecule has 2 aliphatic rings. The Morgan fingerprint density at radius 2 is 2.31 bits per heavy atom. The lowest BCUT2D eigenvalue weighted by molar-refractivity contribution is 0.0806. The van der Waals surface area contributed by atoms with Gasteiger partial charge in [0, 0.05) is 26.2 Å². The Kier molecular flexibility index (Phi) is 4.22. The second-order valence-electron chi connectivity index (χ2n) is 5.47. The van der Waals surface area contributed by atoms with Crippen LogP contribution in [0, 0.1) is 5.41 Å². The van der Waals surface area contributed by atoms with Crippen molar-refractivity contribution in [2.24, 2.45) is 5.41 Å². The summed E-state index contributed by atoms with van der Waals surface area (Å²) in [7, 11) is 1.84. The molecule has 0 aromatic rings. The van der Waals surface area contributed by atoms with Gasteiger partial charge in [0.1, 0.15) is 0 Å². The van der Waals surface area contributed by atoms with E-state index in [-0.39, 0.29) is 0 Å². The molecule has 0 spiro atoms. The second-order valence-corrected chi connectivity index (χ2v) is 5.47. The molecule has 3 heteroatoms. The third kappa shape index (κ3) is 2.58. The summed E-state index contributed by atoms with van der Waals surface area (Å²) < 4.78 is 5.53. The number of ether oxygens (including phenoxy) is 1. The zero-order valence-electron chi connectivity index (χ0n) is 10.7. The molecule has 3 nitrogen and oxygen atoms in total. The van der Waals surface area contributed by atoms with Crippen LogP contribution in [0.1, 0.15) is 39.0 Å². The summed E-state index contributed by atoms with van der Waals surface area (Å²) in [5, 5.41) is 7.24. The van der Waals surface area contributed by atoms with Gasteiger partial charge < -0.3 is 15.4 Å². The Hall–Kier alpha value is -0.120. The summed E-state index contributed by atoms with van der Waals surface area (Å²) in [5.41, 5.74) is 0.501. The summed E-state index contributed by atoms with van der Waals surface area (Å²) in [6.45, 7) is 5.84. The van der Waals surface area contributed by atoms with E-state index in [4.69, 9.17) is 4.74 Å². The van der Waals surface area contributed by atoms with Gasteiger partial charge in [-0.05, 0) is 44.1 Å². The molecule has 1 aliphatic carbocycles. The van der Waals surface area contributed by atoms with Crippen molar-refractivity contribution < 1.29 is 4.74 Å². The quantitative estimate of drug-likeness (QED) is 0.746. The van der Waals surface area contributed by atoms with Gasteiger partial charge in [-0.15, -0.1) is 0 Å². The van der Waals surface area contributed by atoms with E-state index in [1.54, 1.807) is 0 Å². The van der Waals surface area contributed by atoms with E-state index in [0.717, 1.165) is 6.54 Å². The first-order chi connectivity index (χ1) is 7.79. The standard InChI is InChI=1S/C13H26N2O/c1-3-13(7-8-14-9-13)10-15-11-5-4-6-12(11)16-2/h11-12,14-15H,3-10H2,1-2H3. The fourth-order valence-electron chi connectivity index (χ4n) is 3.16. The first kappa shape index (κ1) is 12.3. The molecule has 3 atom stereocenters. The number of hydrogen-bond acceptors (Lipinski definition) is 3. The predicted octanol–water partition coefficient (Wildman–Crippen LogP) is 1.53. The molecule has 1 saturated heterocycles. The molecule has 94 valence electrons. The van der Waals surface area contributed by atoms with E-state index in [9.17, 15) is 0 Å². The zero-order chi connectivity index (χ0) is 11.4. The molecule has 2 fully saturated rings. The highest BCUT2D eigenvalue weighted by molar-refractivity contribution is 4.92. The Morgan fingerprint density at radius 1 is 1.44 bits per heavy atom. The van der Waals surface area contributed by atoms with Crippen LogP contribution in [0.5, 0.6) is 0 Å². The van der Waals surface area contributed by atoms with Crippen molar-refractivity contribution in [1.29, 1.82) is 0 Å². The monoisotopic (exact) mass is 226 g/mol. The lowest BCUT2D eigenvalue weighted by atomic mass is 9.84. The molecule has 0 aromatic heterocycles. The van der Waals surface area contributed by atoms with Crippen LogP contribution in [0.15, 0.2) is 0 Å². The number of nitrogens with one attached hydrogen (secondary N) is 2. The van der Waals surface area contributed by atoms with Crippen molar-refractivity contribution in [3.05, 3.63) is 0 Å². The fraction of sp³-hybridized carbons (Fsp3) is 1.00. The van der Waals surface area contributed by atoms with E-state index < -0.39 is 0 Å². The average molecular weight is 226 g/mol. The third-order valence-corrected chi connectivity index (χ3v) is 4.58. The number of rotatable bonds is 5. The molecule has 3 unspecified atom stereocenters. The molecular formula is C13H26N2O. The van der Waals surface area contributed by atoms with Gasteiger partial charge in [-0.25, -0.2) is 0 Å². The SMILES string of the molecule is CCC1(CNC2CCCC2OC)CCNC1. The van der Waals surface area contributed by atoms with Gasteiger partial charge in [0.2, 0.25) is 0 Å². The van der Waals surface area contributed by atoms with Crippen LogP contribution in [0.4, 0.5) is 0 Å². The number of methoxy groups -OCH3 is 1. The first-order valence-corrected chi connectivity index (χ1v) is 6.76. The van der Waals surface area contributed by atoms with Crippen molar-refractivity contribution in [1.82, 2.24) is 10.6 Å². The summed E-state index contributed by atoms with van der Waals surface area (Å²) in [6.07, 6.45) is 6.87. The van der Waals surface area contributed by atoms with Gasteiger partial charge >= 0.3 is 0 Å². The molecule has 0 radical (unpaired) electrons. The maximum absolute atomic E-state index is 5.53. The Labute approximate surface area is 99.3 Å². The topological polar surface area (TPSA) is 33.3 Å². The summed E-state index contributed by atoms with van der Waals surface area (Å²) in [5.74, 6) is 0. The molecule has 2 N–H and O–H groups in total. The minimum absolute atomic E-state index is 0.447. The molecule has 0 aromatic carbocycles. The van der Waals surface area contributed by atoms with E-state index in [0.29, 0.717) is 17.6 Å². The van der Waals surface area contributed by atoms with Crippen molar-refractivity contribution in [3.8, 4) is 0 Å². The second kappa shape index (κ2) is 5.48. The van der Waals surface area contributed by atoms with Crippen LogP contribution in [0.25, 0.3) is 0 Å². The molecule has 0 amide bonds. The van der Waals surface area contributed by atoms with Crippen LogP contribution < -0.4 is 10.6 Å². The number of hydrogen-bond donors (Lipinski definition) is 2. The molecule has 1 saturated carbocycles. The van der Waals surface area contributed by atoms with Crippen LogP contribution in [0.3, 0.4) is 0 Å². The van der Waals surface area contributed by atoms with Crippen LogP contribution >= 0.6 is 0 Å². The van der Waals surface area contributed by atoms with Gasteiger partial charge in [-0.3, -0.25) is 0 Å². The minimum Gasteiger partial charge on any atom is -0.380 e. The van der Waals surface area contributed by atoms with E-state index in [1.807, 2.05) is 7.11 Å². The maximum Gasteiger partial charge on any atom is 0.0724 e. The Balaban J connectivity index is 1.81. The van der Waals surface area contributed by atoms with E-state index >= 15 is 0 Å². The highest BCUT2D eigenvalue weighted by Gasteiger charge is 2.34. The van der Waals surface area contributed by atoms with Gasteiger partial charge in [-0.2, -0.15) is 0 Å².